The molecule has 0 saturated carbocycles. The molecule has 2 rings (SSSR count). The summed E-state index contributed by atoms with van der Waals surface area (Å²) in [5, 5.41) is 0. The number of nitrogens with zero attached hydrogens (tertiary/aromatic N) is 1. The fourth-order valence-corrected chi connectivity index (χ4v) is 2.69. The van der Waals surface area contributed by atoms with E-state index in [9.17, 15) is 22.8 Å². The summed E-state index contributed by atoms with van der Waals surface area (Å²) in [5.74, 6) is -3.74. The van der Waals surface area contributed by atoms with Crippen LogP contribution in [0, 0.1) is 11.8 Å². The van der Waals surface area contributed by atoms with Crippen LogP contribution in [0.2, 0.25) is 0 Å². The monoisotopic (exact) mass is 291 g/mol. The summed E-state index contributed by atoms with van der Waals surface area (Å²) >= 11 is 0. The van der Waals surface area contributed by atoms with Crippen molar-refractivity contribution >= 4 is 12.0 Å². The van der Waals surface area contributed by atoms with Gasteiger partial charge in [0, 0.05) is 0 Å². The zero-order valence-electron chi connectivity index (χ0n) is 11.3. The molecular formula is C13H16F3NO3. The molecule has 1 fully saturated rings. The lowest BCUT2D eigenvalue weighted by atomic mass is 9.75. The second kappa shape index (κ2) is 5.10. The van der Waals surface area contributed by atoms with Gasteiger partial charge < -0.3 is 4.74 Å². The first-order valence-corrected chi connectivity index (χ1v) is 6.42. The second-order valence-electron chi connectivity index (χ2n) is 5.33. The van der Waals surface area contributed by atoms with Crippen molar-refractivity contribution in [1.82, 2.24) is 4.90 Å². The minimum atomic E-state index is -4.45. The molecule has 2 amide bonds. The molecule has 0 aromatic heterocycles. The van der Waals surface area contributed by atoms with Crippen LogP contribution in [0.3, 0.4) is 0 Å². The van der Waals surface area contributed by atoms with Gasteiger partial charge in [-0.1, -0.05) is 11.1 Å². The van der Waals surface area contributed by atoms with Crippen molar-refractivity contribution < 1.29 is 27.5 Å². The van der Waals surface area contributed by atoms with Crippen molar-refractivity contribution in [2.75, 3.05) is 13.2 Å². The molecule has 0 N–H and O–H groups in total. The van der Waals surface area contributed by atoms with E-state index in [2.05, 4.69) is 4.74 Å². The summed E-state index contributed by atoms with van der Waals surface area (Å²) in [6.45, 7) is 3.45. The number of halogens is 3. The van der Waals surface area contributed by atoms with Crippen molar-refractivity contribution in [2.24, 2.45) is 11.8 Å². The number of hydrogen-bond donors (Lipinski definition) is 0. The van der Waals surface area contributed by atoms with Gasteiger partial charge in [-0.25, -0.2) is 9.69 Å². The highest BCUT2D eigenvalue weighted by atomic mass is 19.4. The van der Waals surface area contributed by atoms with E-state index >= 15 is 0 Å². The van der Waals surface area contributed by atoms with E-state index in [1.807, 2.05) is 0 Å². The topological polar surface area (TPSA) is 46.6 Å². The average molecular weight is 291 g/mol. The lowest BCUT2D eigenvalue weighted by Crippen LogP contribution is -2.45. The minimum absolute atomic E-state index is 0.0283. The fourth-order valence-electron chi connectivity index (χ4n) is 2.69. The van der Waals surface area contributed by atoms with E-state index in [1.54, 1.807) is 13.8 Å². The molecule has 1 heterocycles. The summed E-state index contributed by atoms with van der Waals surface area (Å²) < 4.78 is 44.0. The maximum atomic E-state index is 13.1. The predicted molar refractivity (Wildman–Crippen MR) is 63.7 cm³/mol. The molecule has 0 aromatic carbocycles. The van der Waals surface area contributed by atoms with Crippen LogP contribution in [0.4, 0.5) is 18.0 Å². The average Bonchev–Trinajstić information content (AvgIpc) is 2.76. The normalized spacial score (nSPS) is 27.9. The second-order valence-corrected chi connectivity index (χ2v) is 5.33. The SMILES string of the molecule is CC1=C(C)C[C@@H](C(=O)N2CCOC2=O)[C@H](C(F)(F)F)C1. The van der Waals surface area contributed by atoms with E-state index in [4.69, 9.17) is 0 Å². The molecule has 1 aliphatic heterocycles. The fraction of sp³-hybridized carbons (Fsp3) is 0.692. The van der Waals surface area contributed by atoms with E-state index in [0.717, 1.165) is 10.5 Å². The number of amides is 2. The van der Waals surface area contributed by atoms with Gasteiger partial charge in [-0.05, 0) is 26.7 Å². The van der Waals surface area contributed by atoms with Gasteiger partial charge in [0.2, 0.25) is 5.91 Å². The first-order chi connectivity index (χ1) is 9.21. The summed E-state index contributed by atoms with van der Waals surface area (Å²) in [5.41, 5.74) is 1.46. The van der Waals surface area contributed by atoms with Gasteiger partial charge in [0.25, 0.3) is 0 Å². The number of allylic oxidation sites excluding steroid dienone is 2. The van der Waals surface area contributed by atoms with Gasteiger partial charge in [0.1, 0.15) is 6.61 Å². The molecule has 112 valence electrons. The maximum absolute atomic E-state index is 13.1. The lowest BCUT2D eigenvalue weighted by Gasteiger charge is -2.34. The van der Waals surface area contributed by atoms with Crippen LogP contribution in [-0.2, 0) is 9.53 Å². The van der Waals surface area contributed by atoms with Crippen molar-refractivity contribution in [3.05, 3.63) is 11.1 Å². The molecule has 0 bridgehead atoms. The van der Waals surface area contributed by atoms with Crippen molar-refractivity contribution in [3.8, 4) is 0 Å². The van der Waals surface area contributed by atoms with Gasteiger partial charge in [-0.2, -0.15) is 13.2 Å². The Hall–Kier alpha value is -1.53. The van der Waals surface area contributed by atoms with Crippen LogP contribution in [0.15, 0.2) is 11.1 Å². The predicted octanol–water partition coefficient (Wildman–Crippen LogP) is 2.89. The van der Waals surface area contributed by atoms with Crippen LogP contribution in [0.5, 0.6) is 0 Å². The van der Waals surface area contributed by atoms with Gasteiger partial charge in [-0.3, -0.25) is 4.79 Å². The summed E-state index contributed by atoms with van der Waals surface area (Å²) in [6, 6.07) is 0. The molecule has 1 saturated heterocycles. The number of imide groups is 1. The third-order valence-corrected chi connectivity index (χ3v) is 4.03. The van der Waals surface area contributed by atoms with Crippen LogP contribution in [-0.4, -0.2) is 36.2 Å². The Balaban J connectivity index is 2.27. The number of hydrogen-bond acceptors (Lipinski definition) is 3. The molecule has 0 radical (unpaired) electrons. The smallest absolute Gasteiger partial charge is 0.416 e. The first kappa shape index (κ1) is 14.9. The number of rotatable bonds is 1. The molecule has 1 aliphatic carbocycles. The number of alkyl halides is 3. The molecule has 2 aliphatic rings. The lowest BCUT2D eigenvalue weighted by molar-refractivity contribution is -0.194. The highest BCUT2D eigenvalue weighted by Crippen LogP contribution is 2.44. The zero-order chi connectivity index (χ0) is 15.1. The van der Waals surface area contributed by atoms with Gasteiger partial charge in [0.05, 0.1) is 18.4 Å². The molecule has 0 spiro atoms. The number of ether oxygens (including phenoxy) is 1. The number of carbonyl (C=O) groups excluding carboxylic acids is 2. The van der Waals surface area contributed by atoms with E-state index in [-0.39, 0.29) is 26.0 Å². The molecule has 0 unspecified atom stereocenters. The van der Waals surface area contributed by atoms with Crippen LogP contribution in [0.25, 0.3) is 0 Å². The molecule has 20 heavy (non-hydrogen) atoms. The summed E-state index contributed by atoms with van der Waals surface area (Å²) in [6.07, 6.45) is -5.45. The van der Waals surface area contributed by atoms with Crippen LogP contribution in [0.1, 0.15) is 26.7 Å². The summed E-state index contributed by atoms with van der Waals surface area (Å²) in [4.78, 5) is 24.4. The van der Waals surface area contributed by atoms with Crippen molar-refractivity contribution in [2.45, 2.75) is 32.9 Å². The van der Waals surface area contributed by atoms with Gasteiger partial charge in [0.15, 0.2) is 0 Å². The first-order valence-electron chi connectivity index (χ1n) is 6.42. The van der Waals surface area contributed by atoms with E-state index < -0.39 is 30.0 Å². The van der Waals surface area contributed by atoms with E-state index in [0.29, 0.717) is 5.57 Å². The highest BCUT2D eigenvalue weighted by molar-refractivity contribution is 5.94. The highest BCUT2D eigenvalue weighted by Gasteiger charge is 2.51. The Bertz CT molecular complexity index is 470. The Kier molecular flexibility index (Phi) is 3.80. The molecule has 7 heteroatoms. The third-order valence-electron chi connectivity index (χ3n) is 4.03. The van der Waals surface area contributed by atoms with Crippen molar-refractivity contribution in [3.63, 3.8) is 0 Å². The standard InChI is InChI=1S/C13H16F3NO3/c1-7-5-9(10(6-8(7)2)13(14,15)16)11(18)17-3-4-20-12(17)19/h9-10H,3-6H2,1-2H3/t9-,10-/m1/s1. The molecule has 0 aromatic rings. The third kappa shape index (κ3) is 2.66. The number of cyclic esters (lactones) is 1. The van der Waals surface area contributed by atoms with Gasteiger partial charge in [-0.15, -0.1) is 0 Å². The van der Waals surface area contributed by atoms with E-state index in [1.165, 1.54) is 0 Å². The minimum Gasteiger partial charge on any atom is -0.447 e. The van der Waals surface area contributed by atoms with Crippen LogP contribution < -0.4 is 0 Å². The summed E-state index contributed by atoms with van der Waals surface area (Å²) in [7, 11) is 0. The zero-order valence-corrected chi connectivity index (χ0v) is 11.3. The molecular weight excluding hydrogens is 275 g/mol. The molecule has 4 nitrogen and oxygen atoms in total. The Morgan fingerprint density at radius 2 is 1.85 bits per heavy atom. The van der Waals surface area contributed by atoms with Crippen molar-refractivity contribution in [1.29, 1.82) is 0 Å². The quantitative estimate of drug-likeness (QED) is 0.698. The Morgan fingerprint density at radius 1 is 1.25 bits per heavy atom. The maximum Gasteiger partial charge on any atom is 0.416 e. The largest absolute Gasteiger partial charge is 0.447 e. The van der Waals surface area contributed by atoms with Gasteiger partial charge >= 0.3 is 12.3 Å². The Morgan fingerprint density at radius 3 is 2.35 bits per heavy atom. The number of carbonyl (C=O) groups is 2. The Labute approximate surface area is 114 Å². The molecule has 2 atom stereocenters. The van der Waals surface area contributed by atoms with Crippen LogP contribution >= 0.6 is 0 Å².